The van der Waals surface area contributed by atoms with Gasteiger partial charge in [0.2, 0.25) is 0 Å². The van der Waals surface area contributed by atoms with Gasteiger partial charge >= 0.3 is 0 Å². The molecule has 116 valence electrons. The van der Waals surface area contributed by atoms with Crippen molar-refractivity contribution in [1.29, 1.82) is 0 Å². The Bertz CT molecular complexity index is 496. The first-order chi connectivity index (χ1) is 10.1. The van der Waals surface area contributed by atoms with Gasteiger partial charge in [0, 0.05) is 29.1 Å². The molecule has 1 N–H and O–H groups in total. The van der Waals surface area contributed by atoms with Crippen LogP contribution in [-0.4, -0.2) is 29.1 Å². The van der Waals surface area contributed by atoms with Gasteiger partial charge in [-0.2, -0.15) is 11.8 Å². The molecule has 0 spiro atoms. The molecule has 1 fully saturated rings. The van der Waals surface area contributed by atoms with E-state index in [2.05, 4.69) is 11.6 Å². The molecule has 0 aromatic heterocycles. The lowest BCUT2D eigenvalue weighted by Crippen LogP contribution is -2.34. The summed E-state index contributed by atoms with van der Waals surface area (Å²) in [5.74, 6) is 0.547. The normalized spacial score (nSPS) is 21.8. The molecular formula is C15H22N2O3S. The van der Waals surface area contributed by atoms with E-state index < -0.39 is 0 Å². The number of nitrogens with zero attached hydrogens (tertiary/aromatic N) is 1. The van der Waals surface area contributed by atoms with Crippen LogP contribution in [0.2, 0.25) is 0 Å². The Hall–Kier alpha value is -1.43. The third kappa shape index (κ3) is 4.27. The molecule has 5 nitrogen and oxygen atoms in total. The summed E-state index contributed by atoms with van der Waals surface area (Å²) in [6, 6.07) is 5.28. The summed E-state index contributed by atoms with van der Waals surface area (Å²) < 4.78 is 5.43. The second-order valence-corrected chi connectivity index (χ2v) is 6.29. The summed E-state index contributed by atoms with van der Waals surface area (Å²) in [6.07, 6.45) is 6.92. The van der Waals surface area contributed by atoms with Gasteiger partial charge in [0.05, 0.1) is 17.6 Å². The van der Waals surface area contributed by atoms with Crippen molar-refractivity contribution in [2.24, 2.45) is 0 Å². The zero-order chi connectivity index (χ0) is 15.2. The van der Waals surface area contributed by atoms with Gasteiger partial charge in [-0.25, -0.2) is 0 Å². The van der Waals surface area contributed by atoms with Crippen LogP contribution >= 0.6 is 11.8 Å². The first-order valence-corrected chi connectivity index (χ1v) is 8.64. The third-order valence-electron chi connectivity index (χ3n) is 3.77. The van der Waals surface area contributed by atoms with Gasteiger partial charge in [0.25, 0.3) is 5.69 Å². The van der Waals surface area contributed by atoms with Crippen LogP contribution in [-0.2, 0) is 0 Å². The largest absolute Gasteiger partial charge is 0.494 e. The van der Waals surface area contributed by atoms with Crippen LogP contribution in [0.4, 0.5) is 11.4 Å². The number of nitro benzene ring substituents is 1. The number of benzene rings is 1. The molecule has 2 unspecified atom stereocenters. The molecule has 0 bridgehead atoms. The fourth-order valence-electron chi connectivity index (χ4n) is 2.78. The summed E-state index contributed by atoms with van der Waals surface area (Å²) in [7, 11) is 0. The smallest absolute Gasteiger partial charge is 0.275 e. The van der Waals surface area contributed by atoms with E-state index in [1.807, 2.05) is 24.8 Å². The maximum Gasteiger partial charge on any atom is 0.275 e. The highest BCUT2D eigenvalue weighted by atomic mass is 32.2. The van der Waals surface area contributed by atoms with Gasteiger partial charge in [-0.05, 0) is 26.0 Å². The van der Waals surface area contributed by atoms with E-state index in [0.717, 1.165) is 12.1 Å². The lowest BCUT2D eigenvalue weighted by Gasteiger charge is -2.31. The molecule has 1 saturated carbocycles. The predicted octanol–water partition coefficient (Wildman–Crippen LogP) is 4.08. The Kier molecular flexibility index (Phi) is 5.73. The molecule has 0 amide bonds. The lowest BCUT2D eigenvalue weighted by molar-refractivity contribution is -0.384. The number of thioether (sulfide) groups is 1. The molecule has 1 aliphatic rings. The molecule has 6 heteroatoms. The first kappa shape index (κ1) is 15.9. The number of anilines is 1. The van der Waals surface area contributed by atoms with Crippen molar-refractivity contribution in [3.8, 4) is 5.75 Å². The highest BCUT2D eigenvalue weighted by Crippen LogP contribution is 2.32. The van der Waals surface area contributed by atoms with E-state index >= 15 is 0 Å². The van der Waals surface area contributed by atoms with Crippen molar-refractivity contribution in [3.63, 3.8) is 0 Å². The molecule has 2 rings (SSSR count). The number of nitro groups is 1. The highest BCUT2D eigenvalue weighted by Gasteiger charge is 2.24. The molecule has 1 aromatic carbocycles. The van der Waals surface area contributed by atoms with E-state index in [0.29, 0.717) is 23.6 Å². The lowest BCUT2D eigenvalue weighted by atomic mass is 9.94. The van der Waals surface area contributed by atoms with Gasteiger partial charge in [0.15, 0.2) is 0 Å². The molecule has 0 saturated heterocycles. The fourth-order valence-corrected chi connectivity index (χ4v) is 3.72. The number of hydrogen-bond acceptors (Lipinski definition) is 5. The summed E-state index contributed by atoms with van der Waals surface area (Å²) in [6.45, 7) is 2.37. The van der Waals surface area contributed by atoms with Crippen molar-refractivity contribution >= 4 is 23.1 Å². The highest BCUT2D eigenvalue weighted by molar-refractivity contribution is 7.99. The quantitative estimate of drug-likeness (QED) is 0.633. The van der Waals surface area contributed by atoms with E-state index in [4.69, 9.17) is 4.74 Å². The fraction of sp³-hybridized carbons (Fsp3) is 0.600. The average molecular weight is 310 g/mol. The summed E-state index contributed by atoms with van der Waals surface area (Å²) in [5, 5.41) is 15.1. The van der Waals surface area contributed by atoms with E-state index in [1.54, 1.807) is 6.07 Å². The molecule has 0 radical (unpaired) electrons. The molecule has 2 atom stereocenters. The minimum absolute atomic E-state index is 0.0694. The van der Waals surface area contributed by atoms with Crippen LogP contribution < -0.4 is 10.1 Å². The number of non-ortho nitro benzene ring substituents is 1. The third-order valence-corrected chi connectivity index (χ3v) is 4.94. The Morgan fingerprint density at radius 2 is 2.14 bits per heavy atom. The van der Waals surface area contributed by atoms with Crippen LogP contribution in [0.25, 0.3) is 0 Å². The summed E-state index contributed by atoms with van der Waals surface area (Å²) >= 11 is 1.87. The van der Waals surface area contributed by atoms with Gasteiger partial charge in [-0.1, -0.05) is 12.8 Å². The molecule has 0 aliphatic heterocycles. The topological polar surface area (TPSA) is 64.4 Å². The average Bonchev–Trinajstić information content (AvgIpc) is 2.48. The molecule has 1 aromatic rings. The monoisotopic (exact) mass is 310 g/mol. The maximum atomic E-state index is 11.0. The number of nitrogens with one attached hydrogen (secondary N) is 1. The van der Waals surface area contributed by atoms with E-state index in [1.165, 1.54) is 25.3 Å². The van der Waals surface area contributed by atoms with Gasteiger partial charge in [0.1, 0.15) is 5.75 Å². The standard InChI is InChI=1S/C15H22N2O3S/c1-3-20-13-9-11(8-12(10-13)17(18)19)16-14-6-4-5-7-15(14)21-2/h8-10,14-16H,3-7H2,1-2H3. The van der Waals surface area contributed by atoms with Crippen LogP contribution in [0.3, 0.4) is 0 Å². The van der Waals surface area contributed by atoms with E-state index in [-0.39, 0.29) is 10.6 Å². The second-order valence-electron chi connectivity index (χ2n) is 5.22. The first-order valence-electron chi connectivity index (χ1n) is 7.35. The predicted molar refractivity (Wildman–Crippen MR) is 87.4 cm³/mol. The second kappa shape index (κ2) is 7.54. The van der Waals surface area contributed by atoms with Gasteiger partial charge in [-0.15, -0.1) is 0 Å². The van der Waals surface area contributed by atoms with Crippen molar-refractivity contribution < 1.29 is 9.66 Å². The zero-order valence-electron chi connectivity index (χ0n) is 12.5. The maximum absolute atomic E-state index is 11.0. The molecule has 1 aliphatic carbocycles. The van der Waals surface area contributed by atoms with Crippen LogP contribution in [0.1, 0.15) is 32.6 Å². The Morgan fingerprint density at radius 3 is 2.81 bits per heavy atom. The van der Waals surface area contributed by atoms with Crippen molar-refractivity contribution in [3.05, 3.63) is 28.3 Å². The summed E-state index contributed by atoms with van der Waals surface area (Å²) in [5.41, 5.74) is 0.846. The number of rotatable bonds is 6. The van der Waals surface area contributed by atoms with Crippen LogP contribution in [0.15, 0.2) is 18.2 Å². The minimum atomic E-state index is -0.374. The minimum Gasteiger partial charge on any atom is -0.494 e. The molecule has 21 heavy (non-hydrogen) atoms. The van der Waals surface area contributed by atoms with Crippen molar-refractivity contribution in [2.75, 3.05) is 18.2 Å². The Morgan fingerprint density at radius 1 is 1.38 bits per heavy atom. The Balaban J connectivity index is 2.19. The zero-order valence-corrected chi connectivity index (χ0v) is 13.3. The van der Waals surface area contributed by atoms with Gasteiger partial charge < -0.3 is 10.1 Å². The van der Waals surface area contributed by atoms with Crippen molar-refractivity contribution in [2.45, 2.75) is 43.9 Å². The molecular weight excluding hydrogens is 288 g/mol. The van der Waals surface area contributed by atoms with Crippen molar-refractivity contribution in [1.82, 2.24) is 0 Å². The van der Waals surface area contributed by atoms with E-state index in [9.17, 15) is 10.1 Å². The van der Waals surface area contributed by atoms with Crippen LogP contribution in [0, 0.1) is 10.1 Å². The Labute approximate surface area is 129 Å². The number of ether oxygens (including phenoxy) is 1. The van der Waals surface area contributed by atoms with Crippen LogP contribution in [0.5, 0.6) is 5.75 Å². The number of hydrogen-bond donors (Lipinski definition) is 1. The van der Waals surface area contributed by atoms with Gasteiger partial charge in [-0.3, -0.25) is 10.1 Å². The summed E-state index contributed by atoms with van der Waals surface area (Å²) in [4.78, 5) is 10.7. The molecule has 0 heterocycles. The SMILES string of the molecule is CCOc1cc(NC2CCCCC2SC)cc([N+](=O)[O-])c1.